The summed E-state index contributed by atoms with van der Waals surface area (Å²) in [7, 11) is 0. The van der Waals surface area contributed by atoms with Crippen LogP contribution in [0.2, 0.25) is 0 Å². The van der Waals surface area contributed by atoms with E-state index in [2.05, 4.69) is 11.3 Å². The molecule has 0 aromatic rings. The van der Waals surface area contributed by atoms with Crippen LogP contribution in [0.3, 0.4) is 0 Å². The van der Waals surface area contributed by atoms with E-state index in [1.165, 1.54) is 0 Å². The van der Waals surface area contributed by atoms with Gasteiger partial charge in [0.1, 0.15) is 0 Å². The third-order valence-corrected chi connectivity index (χ3v) is 0.971. The molecule has 5 heteroatoms. The Balaban J connectivity index is 4.21. The first-order chi connectivity index (χ1) is 4.89. The molecule has 1 nitrogen and oxygen atoms in total. The average Bonchev–Trinajstić information content (AvgIpc) is 1.79. The fraction of sp³-hybridized carbons (Fsp3) is 0.667. The molecule has 0 heterocycles. The molecule has 1 atom stereocenters. The van der Waals surface area contributed by atoms with Gasteiger partial charge < -0.3 is 4.74 Å². The van der Waals surface area contributed by atoms with Crippen LogP contribution in [0.5, 0.6) is 0 Å². The van der Waals surface area contributed by atoms with Crippen molar-refractivity contribution in [3.05, 3.63) is 12.8 Å². The van der Waals surface area contributed by atoms with Gasteiger partial charge in [-0.3, -0.25) is 0 Å². The lowest BCUT2D eigenvalue weighted by molar-refractivity contribution is -0.155. The summed E-state index contributed by atoms with van der Waals surface area (Å²) in [5, 5.41) is 0. The fourth-order valence-electron chi connectivity index (χ4n) is 0.504. The Bertz CT molecular complexity index is 129. The van der Waals surface area contributed by atoms with Crippen molar-refractivity contribution in [3.8, 4) is 0 Å². The summed E-state index contributed by atoms with van der Waals surface area (Å²) in [5.41, 5.74) is 0. The van der Waals surface area contributed by atoms with Gasteiger partial charge in [-0.05, 0) is 0 Å². The van der Waals surface area contributed by atoms with Crippen LogP contribution >= 0.6 is 0 Å². The minimum atomic E-state index is -3.55. The summed E-state index contributed by atoms with van der Waals surface area (Å²) in [4.78, 5) is 0. The zero-order valence-electron chi connectivity index (χ0n) is 5.86. The Labute approximate surface area is 61.7 Å². The summed E-state index contributed by atoms with van der Waals surface area (Å²) in [5.74, 6) is -3.55. The van der Waals surface area contributed by atoms with Crippen molar-refractivity contribution in [1.82, 2.24) is 0 Å². The molecular weight excluding hydrogens is 164 g/mol. The van der Waals surface area contributed by atoms with Crippen LogP contribution in [0, 0.1) is 0 Å². The molecule has 0 aromatic carbocycles. The summed E-state index contributed by atoms with van der Waals surface area (Å²) < 4.78 is 51.7. The molecule has 0 N–H and O–H groups in total. The molecule has 1 unspecified atom stereocenters. The number of ether oxygens (including phenoxy) is 1. The maximum atomic E-state index is 12.2. The van der Waals surface area contributed by atoms with E-state index in [-0.39, 0.29) is 0 Å². The van der Waals surface area contributed by atoms with Crippen LogP contribution in [-0.4, -0.2) is 18.5 Å². The maximum absolute atomic E-state index is 12.2. The Morgan fingerprint density at radius 1 is 1.45 bits per heavy atom. The Morgan fingerprint density at radius 2 is 1.91 bits per heavy atom. The topological polar surface area (TPSA) is 9.23 Å². The van der Waals surface area contributed by atoms with E-state index in [4.69, 9.17) is 0 Å². The number of hydrogen-bond acceptors (Lipinski definition) is 1. The van der Waals surface area contributed by atoms with Crippen LogP contribution < -0.4 is 0 Å². The van der Waals surface area contributed by atoms with Crippen LogP contribution in [0.1, 0.15) is 6.92 Å². The summed E-state index contributed by atoms with van der Waals surface area (Å²) in [6, 6.07) is 0. The molecule has 0 fully saturated rings. The highest BCUT2D eigenvalue weighted by molar-refractivity contribution is 4.77. The van der Waals surface area contributed by atoms with Crippen molar-refractivity contribution in [2.45, 2.75) is 25.4 Å². The molecule has 0 amide bonds. The average molecular weight is 172 g/mol. The SMILES string of the molecule is C=COC(C(F)F)C(C)(F)F. The summed E-state index contributed by atoms with van der Waals surface area (Å²) in [6.07, 6.45) is -5.04. The van der Waals surface area contributed by atoms with Gasteiger partial charge in [-0.2, -0.15) is 0 Å². The first-order valence-electron chi connectivity index (χ1n) is 2.82. The first kappa shape index (κ1) is 10.3. The molecule has 0 aliphatic carbocycles. The molecule has 0 rings (SSSR count). The van der Waals surface area contributed by atoms with E-state index >= 15 is 0 Å². The third-order valence-electron chi connectivity index (χ3n) is 0.971. The van der Waals surface area contributed by atoms with Crippen molar-refractivity contribution < 1.29 is 22.3 Å². The van der Waals surface area contributed by atoms with Crippen molar-refractivity contribution in [1.29, 1.82) is 0 Å². The largest absolute Gasteiger partial charge is 0.486 e. The predicted octanol–water partition coefficient (Wildman–Crippen LogP) is 2.44. The van der Waals surface area contributed by atoms with E-state index in [9.17, 15) is 17.6 Å². The number of halogens is 4. The highest BCUT2D eigenvalue weighted by atomic mass is 19.3. The van der Waals surface area contributed by atoms with Crippen LogP contribution in [-0.2, 0) is 4.74 Å². The molecule has 0 bridgehead atoms. The Hall–Kier alpha value is -0.740. The molecule has 0 aliphatic heterocycles. The van der Waals surface area contributed by atoms with E-state index in [1.807, 2.05) is 0 Å². The first-order valence-corrected chi connectivity index (χ1v) is 2.82. The molecule has 11 heavy (non-hydrogen) atoms. The summed E-state index contributed by atoms with van der Waals surface area (Å²) in [6.45, 7) is 3.28. The van der Waals surface area contributed by atoms with Crippen molar-refractivity contribution in [3.63, 3.8) is 0 Å². The molecule has 0 aliphatic rings. The van der Waals surface area contributed by atoms with Gasteiger partial charge in [-0.15, -0.1) is 0 Å². The molecule has 0 saturated carbocycles. The van der Waals surface area contributed by atoms with E-state index in [0.29, 0.717) is 13.2 Å². The normalized spacial score (nSPS) is 14.7. The monoisotopic (exact) mass is 172 g/mol. The van der Waals surface area contributed by atoms with Gasteiger partial charge in [0, 0.05) is 6.92 Å². The van der Waals surface area contributed by atoms with Gasteiger partial charge in [-0.25, -0.2) is 17.6 Å². The van der Waals surface area contributed by atoms with Crippen LogP contribution in [0.25, 0.3) is 0 Å². The van der Waals surface area contributed by atoms with Crippen LogP contribution in [0.15, 0.2) is 12.8 Å². The maximum Gasteiger partial charge on any atom is 0.287 e. The second-order valence-corrected chi connectivity index (χ2v) is 2.01. The number of hydrogen-bond donors (Lipinski definition) is 0. The van der Waals surface area contributed by atoms with E-state index in [1.54, 1.807) is 0 Å². The molecular formula is C6H8F4O. The van der Waals surface area contributed by atoms with Crippen LogP contribution in [0.4, 0.5) is 17.6 Å². The van der Waals surface area contributed by atoms with Gasteiger partial charge in [-0.1, -0.05) is 6.58 Å². The molecule has 0 spiro atoms. The standard InChI is InChI=1S/C6H8F4O/c1-3-11-4(5(7)8)6(2,9)10/h3-5H,1H2,2H3. The minimum Gasteiger partial charge on any atom is -0.486 e. The quantitative estimate of drug-likeness (QED) is 0.467. The summed E-state index contributed by atoms with van der Waals surface area (Å²) >= 11 is 0. The Kier molecular flexibility index (Phi) is 3.35. The fourth-order valence-corrected chi connectivity index (χ4v) is 0.504. The number of alkyl halides is 4. The second-order valence-electron chi connectivity index (χ2n) is 2.01. The smallest absolute Gasteiger partial charge is 0.287 e. The number of rotatable bonds is 4. The van der Waals surface area contributed by atoms with E-state index in [0.717, 1.165) is 0 Å². The van der Waals surface area contributed by atoms with E-state index < -0.39 is 18.5 Å². The Morgan fingerprint density at radius 3 is 2.00 bits per heavy atom. The second kappa shape index (κ2) is 3.59. The molecule has 0 saturated heterocycles. The highest BCUT2D eigenvalue weighted by Crippen LogP contribution is 2.25. The molecule has 0 radical (unpaired) electrons. The minimum absolute atomic E-state index is 0.368. The van der Waals surface area contributed by atoms with Crippen molar-refractivity contribution in [2.75, 3.05) is 0 Å². The van der Waals surface area contributed by atoms with Gasteiger partial charge in [0.15, 0.2) is 0 Å². The zero-order valence-corrected chi connectivity index (χ0v) is 5.86. The third kappa shape index (κ3) is 3.25. The van der Waals surface area contributed by atoms with Gasteiger partial charge >= 0.3 is 0 Å². The van der Waals surface area contributed by atoms with Crippen molar-refractivity contribution in [2.24, 2.45) is 0 Å². The lowest BCUT2D eigenvalue weighted by Gasteiger charge is -2.21. The van der Waals surface area contributed by atoms with Crippen molar-refractivity contribution >= 4 is 0 Å². The van der Waals surface area contributed by atoms with Gasteiger partial charge in [0.25, 0.3) is 12.3 Å². The molecule has 0 aromatic heterocycles. The lowest BCUT2D eigenvalue weighted by Crippen LogP contribution is -2.37. The highest BCUT2D eigenvalue weighted by Gasteiger charge is 2.42. The predicted molar refractivity (Wildman–Crippen MR) is 31.7 cm³/mol. The molecule has 66 valence electrons. The van der Waals surface area contributed by atoms with Gasteiger partial charge in [0.2, 0.25) is 6.10 Å². The lowest BCUT2D eigenvalue weighted by atomic mass is 10.2. The zero-order chi connectivity index (χ0) is 9.07. The van der Waals surface area contributed by atoms with Gasteiger partial charge in [0.05, 0.1) is 6.26 Å².